The average Bonchev–Trinajstić information content (AvgIpc) is 3.29. The Morgan fingerprint density at radius 2 is 1.93 bits per heavy atom. The molecule has 5 rings (SSSR count). The normalized spacial score (nSPS) is 31.7. The topological polar surface area (TPSA) is 75.5 Å². The number of para-hydroxylation sites is 1. The fraction of sp³-hybridized carbons (Fsp3) is 0.350. The van der Waals surface area contributed by atoms with Gasteiger partial charge in [0.1, 0.15) is 11.4 Å². The summed E-state index contributed by atoms with van der Waals surface area (Å²) >= 11 is 0. The Morgan fingerprint density at radius 3 is 2.67 bits per heavy atom. The average molecular weight is 367 g/mol. The first-order chi connectivity index (χ1) is 13.0. The molecule has 7 heteroatoms. The van der Waals surface area contributed by atoms with E-state index in [-0.39, 0.29) is 16.9 Å². The van der Waals surface area contributed by atoms with Crippen molar-refractivity contribution < 1.29 is 14.1 Å². The number of carbonyl (C=O) groups is 1. The molecule has 27 heavy (non-hydrogen) atoms. The summed E-state index contributed by atoms with van der Waals surface area (Å²) in [6.07, 6.45) is 1.50. The van der Waals surface area contributed by atoms with Crippen LogP contribution in [-0.2, 0) is 10.3 Å². The quantitative estimate of drug-likeness (QED) is 0.654. The summed E-state index contributed by atoms with van der Waals surface area (Å²) in [5.41, 5.74) is 0.969. The minimum Gasteiger partial charge on any atom is -0.324 e. The van der Waals surface area contributed by atoms with Gasteiger partial charge in [0.05, 0.1) is 12.0 Å². The Morgan fingerprint density at radius 1 is 1.19 bits per heavy atom. The van der Waals surface area contributed by atoms with Crippen LogP contribution in [-0.4, -0.2) is 34.4 Å². The second-order valence-corrected chi connectivity index (χ2v) is 7.47. The lowest BCUT2D eigenvalue weighted by molar-refractivity contribution is -0.527. The molecule has 1 spiro atoms. The number of carbonyl (C=O) groups excluding carboxylic acids is 1. The number of nitrogens with one attached hydrogen (secondary N) is 1. The molecule has 3 heterocycles. The van der Waals surface area contributed by atoms with Gasteiger partial charge in [-0.2, -0.15) is 0 Å². The molecule has 2 aromatic rings. The summed E-state index contributed by atoms with van der Waals surface area (Å²) in [6.45, 7) is 0.633. The fourth-order valence-electron chi connectivity index (χ4n) is 5.46. The van der Waals surface area contributed by atoms with Crippen molar-refractivity contribution in [2.75, 3.05) is 11.9 Å². The molecule has 0 radical (unpaired) electrons. The van der Waals surface area contributed by atoms with E-state index < -0.39 is 23.3 Å². The lowest BCUT2D eigenvalue weighted by Crippen LogP contribution is -2.50. The highest BCUT2D eigenvalue weighted by Crippen LogP contribution is 2.59. The molecule has 4 atom stereocenters. The molecule has 3 aliphatic rings. The minimum atomic E-state index is -1.13. The highest BCUT2D eigenvalue weighted by Gasteiger charge is 2.71. The van der Waals surface area contributed by atoms with Crippen LogP contribution in [0.3, 0.4) is 0 Å². The smallest absolute Gasteiger partial charge is 0.250 e. The number of nitro groups is 1. The number of amides is 1. The number of halogens is 1. The van der Waals surface area contributed by atoms with Crippen LogP contribution in [0.15, 0.2) is 48.5 Å². The Labute approximate surface area is 155 Å². The maximum absolute atomic E-state index is 13.5. The van der Waals surface area contributed by atoms with Crippen molar-refractivity contribution >= 4 is 11.6 Å². The standard InChI is InChI=1S/C20H18FN3O3/c21-13-9-7-12(8-10-13)17-18(24(26)27)16-6-3-11-23(16)20(17)14-4-1-2-5-15(14)22-19(20)25/h1-2,4-5,7-10,16-18H,3,6,11H2,(H,22,25)/t16?,17-,18+,20+/m0/s1. The van der Waals surface area contributed by atoms with E-state index in [0.717, 1.165) is 12.0 Å². The highest BCUT2D eigenvalue weighted by molar-refractivity contribution is 6.07. The van der Waals surface area contributed by atoms with Gasteiger partial charge in [-0.3, -0.25) is 19.8 Å². The summed E-state index contributed by atoms with van der Waals surface area (Å²) in [5.74, 6) is -1.31. The van der Waals surface area contributed by atoms with Gasteiger partial charge in [-0.1, -0.05) is 30.3 Å². The van der Waals surface area contributed by atoms with Crippen LogP contribution in [0, 0.1) is 15.9 Å². The molecular formula is C20H18FN3O3. The first-order valence-corrected chi connectivity index (χ1v) is 9.12. The molecule has 0 bridgehead atoms. The maximum Gasteiger partial charge on any atom is 0.250 e. The molecule has 1 unspecified atom stereocenters. The number of hydrogen-bond acceptors (Lipinski definition) is 4. The van der Waals surface area contributed by atoms with Gasteiger partial charge in [0.15, 0.2) is 0 Å². The van der Waals surface area contributed by atoms with Crippen molar-refractivity contribution in [1.29, 1.82) is 0 Å². The summed E-state index contributed by atoms with van der Waals surface area (Å²) in [6, 6.07) is 11.9. The maximum atomic E-state index is 13.5. The third-order valence-corrected chi connectivity index (χ3v) is 6.34. The lowest BCUT2D eigenvalue weighted by atomic mass is 9.73. The van der Waals surface area contributed by atoms with Gasteiger partial charge in [-0.05, 0) is 36.6 Å². The number of nitrogens with zero attached hydrogens (tertiary/aromatic N) is 2. The number of anilines is 1. The van der Waals surface area contributed by atoms with Crippen LogP contribution in [0.25, 0.3) is 0 Å². The largest absolute Gasteiger partial charge is 0.324 e. The molecule has 138 valence electrons. The molecular weight excluding hydrogens is 349 g/mol. The van der Waals surface area contributed by atoms with Crippen molar-refractivity contribution in [2.24, 2.45) is 0 Å². The Hall–Kier alpha value is -2.80. The minimum absolute atomic E-state index is 0.228. The van der Waals surface area contributed by atoms with Gasteiger partial charge < -0.3 is 5.32 Å². The molecule has 0 aliphatic carbocycles. The predicted octanol–water partition coefficient (Wildman–Crippen LogP) is 2.88. The van der Waals surface area contributed by atoms with Crippen molar-refractivity contribution in [3.63, 3.8) is 0 Å². The second kappa shape index (κ2) is 5.60. The molecule has 2 saturated heterocycles. The van der Waals surface area contributed by atoms with E-state index in [1.807, 2.05) is 29.2 Å². The van der Waals surface area contributed by atoms with E-state index in [0.29, 0.717) is 24.2 Å². The van der Waals surface area contributed by atoms with E-state index in [2.05, 4.69) is 5.32 Å². The zero-order chi connectivity index (χ0) is 18.8. The van der Waals surface area contributed by atoms with Crippen molar-refractivity contribution in [1.82, 2.24) is 4.90 Å². The molecule has 0 aromatic heterocycles. The van der Waals surface area contributed by atoms with Crippen LogP contribution in [0.4, 0.5) is 10.1 Å². The third-order valence-electron chi connectivity index (χ3n) is 6.34. The summed E-state index contributed by atoms with van der Waals surface area (Å²) in [7, 11) is 0. The third kappa shape index (κ3) is 2.00. The van der Waals surface area contributed by atoms with Crippen molar-refractivity contribution in [3.05, 3.63) is 75.6 Å². The number of fused-ring (bicyclic) bond motifs is 4. The SMILES string of the molecule is O=C1Nc2ccccc2[C@@]12[C@@H](c1ccc(F)cc1)[C@H]([N+](=O)[O-])C1CCCN12. The molecule has 6 nitrogen and oxygen atoms in total. The molecule has 1 N–H and O–H groups in total. The Kier molecular flexibility index (Phi) is 3.40. The highest BCUT2D eigenvalue weighted by atomic mass is 19.1. The van der Waals surface area contributed by atoms with Crippen LogP contribution >= 0.6 is 0 Å². The number of rotatable bonds is 2. The fourth-order valence-corrected chi connectivity index (χ4v) is 5.46. The van der Waals surface area contributed by atoms with E-state index in [1.165, 1.54) is 12.1 Å². The van der Waals surface area contributed by atoms with Gasteiger partial charge in [-0.15, -0.1) is 0 Å². The molecule has 0 saturated carbocycles. The first kappa shape index (κ1) is 16.4. The van der Waals surface area contributed by atoms with E-state index >= 15 is 0 Å². The Bertz CT molecular complexity index is 948. The Balaban J connectivity index is 1.80. The van der Waals surface area contributed by atoms with Gasteiger partial charge in [0, 0.05) is 22.7 Å². The predicted molar refractivity (Wildman–Crippen MR) is 96.4 cm³/mol. The van der Waals surface area contributed by atoms with Crippen LogP contribution in [0.2, 0.25) is 0 Å². The number of benzene rings is 2. The van der Waals surface area contributed by atoms with Crippen LogP contribution < -0.4 is 5.32 Å². The summed E-state index contributed by atoms with van der Waals surface area (Å²) < 4.78 is 13.5. The van der Waals surface area contributed by atoms with E-state index in [1.54, 1.807) is 12.1 Å². The van der Waals surface area contributed by atoms with Crippen LogP contribution in [0.5, 0.6) is 0 Å². The van der Waals surface area contributed by atoms with E-state index in [4.69, 9.17) is 0 Å². The summed E-state index contributed by atoms with van der Waals surface area (Å²) in [4.78, 5) is 27.3. The van der Waals surface area contributed by atoms with Crippen molar-refractivity contribution in [3.8, 4) is 0 Å². The van der Waals surface area contributed by atoms with Crippen molar-refractivity contribution in [2.45, 2.75) is 36.4 Å². The van der Waals surface area contributed by atoms with Gasteiger partial charge in [0.25, 0.3) is 5.91 Å². The van der Waals surface area contributed by atoms with Crippen LogP contribution in [0.1, 0.15) is 29.9 Å². The summed E-state index contributed by atoms with van der Waals surface area (Å²) in [5, 5.41) is 15.1. The monoisotopic (exact) mass is 367 g/mol. The molecule has 1 amide bonds. The van der Waals surface area contributed by atoms with Gasteiger partial charge in [-0.25, -0.2) is 4.39 Å². The van der Waals surface area contributed by atoms with E-state index in [9.17, 15) is 19.3 Å². The number of hydrogen-bond donors (Lipinski definition) is 1. The van der Waals surface area contributed by atoms with Gasteiger partial charge >= 0.3 is 0 Å². The zero-order valence-corrected chi connectivity index (χ0v) is 14.5. The lowest BCUT2D eigenvalue weighted by Gasteiger charge is -2.36. The molecule has 3 aliphatic heterocycles. The molecule has 2 fully saturated rings. The molecule has 2 aromatic carbocycles. The zero-order valence-electron chi connectivity index (χ0n) is 14.5. The van der Waals surface area contributed by atoms with Gasteiger partial charge in [0.2, 0.25) is 6.04 Å². The first-order valence-electron chi connectivity index (χ1n) is 9.12. The second-order valence-electron chi connectivity index (χ2n) is 7.47.